The van der Waals surface area contributed by atoms with Gasteiger partial charge in [-0.3, -0.25) is 0 Å². The lowest BCUT2D eigenvalue weighted by Gasteiger charge is -1.99. The Kier molecular flexibility index (Phi) is 1.81. The summed E-state index contributed by atoms with van der Waals surface area (Å²) in [4.78, 5) is 6.39. The zero-order valence-electron chi connectivity index (χ0n) is 4.78. The van der Waals surface area contributed by atoms with Crippen LogP contribution >= 0.6 is 0 Å². The Hall–Kier alpha value is -0.870. The maximum atomic E-state index is 8.87. The molecule has 1 aromatic rings. The highest BCUT2D eigenvalue weighted by atomic mass is 16.3. The summed E-state index contributed by atoms with van der Waals surface area (Å²) in [6, 6.07) is 0. The molecule has 4 heteroatoms. The van der Waals surface area contributed by atoms with E-state index in [1.165, 1.54) is 6.20 Å². The van der Waals surface area contributed by atoms with Crippen LogP contribution in [0.2, 0.25) is 0 Å². The fraction of sp³-hybridized carbons (Fsp3) is 0.400. The van der Waals surface area contributed by atoms with Crippen molar-refractivity contribution in [3.8, 4) is 0 Å². The molecule has 0 spiro atoms. The van der Waals surface area contributed by atoms with Gasteiger partial charge in [-0.25, -0.2) is 4.98 Å². The van der Waals surface area contributed by atoms with E-state index in [2.05, 4.69) is 9.97 Å². The van der Waals surface area contributed by atoms with Crippen LogP contribution < -0.4 is 0 Å². The van der Waals surface area contributed by atoms with Gasteiger partial charge in [0.25, 0.3) is 0 Å². The number of H-pyrrole nitrogens is 1. The summed E-state index contributed by atoms with van der Waals surface area (Å²) in [6.07, 6.45) is 2.24. The highest BCUT2D eigenvalue weighted by Gasteiger charge is 2.05. The number of rotatable bonds is 2. The minimum atomic E-state index is -0.875. The van der Waals surface area contributed by atoms with Crippen molar-refractivity contribution >= 4 is 0 Å². The Labute approximate surface area is 52.2 Å². The van der Waals surface area contributed by atoms with Crippen LogP contribution in [0.3, 0.4) is 0 Å². The molecule has 0 aliphatic carbocycles. The first-order valence-corrected chi connectivity index (χ1v) is 2.63. The molecule has 1 rings (SSSR count). The minimum Gasteiger partial charge on any atom is -0.393 e. The molecular weight excluding hydrogens is 120 g/mol. The van der Waals surface area contributed by atoms with Gasteiger partial charge in [0.1, 0.15) is 11.9 Å². The summed E-state index contributed by atoms with van der Waals surface area (Å²) in [5, 5.41) is 17.3. The molecule has 0 aliphatic heterocycles. The van der Waals surface area contributed by atoms with E-state index in [0.29, 0.717) is 5.82 Å². The van der Waals surface area contributed by atoms with Crippen molar-refractivity contribution in [2.24, 2.45) is 0 Å². The number of aliphatic hydroxyl groups excluding tert-OH is 2. The smallest absolute Gasteiger partial charge is 0.137 e. The number of hydrogen-bond acceptors (Lipinski definition) is 3. The number of aromatic amines is 1. The van der Waals surface area contributed by atoms with Gasteiger partial charge in [0.2, 0.25) is 0 Å². The predicted molar refractivity (Wildman–Crippen MR) is 30.6 cm³/mol. The second-order valence-electron chi connectivity index (χ2n) is 1.67. The predicted octanol–water partition coefficient (Wildman–Crippen LogP) is -0.565. The van der Waals surface area contributed by atoms with Gasteiger partial charge in [0.15, 0.2) is 0 Å². The first-order chi connectivity index (χ1) is 4.34. The number of imidazole rings is 1. The fourth-order valence-corrected chi connectivity index (χ4v) is 0.546. The van der Waals surface area contributed by atoms with Crippen LogP contribution in [0.25, 0.3) is 0 Å². The van der Waals surface area contributed by atoms with Crippen LogP contribution in [0.5, 0.6) is 0 Å². The molecule has 4 nitrogen and oxygen atoms in total. The molecule has 0 aliphatic rings. The molecule has 0 amide bonds. The lowest BCUT2D eigenvalue weighted by Crippen LogP contribution is -2.03. The van der Waals surface area contributed by atoms with Crippen LogP contribution in [-0.4, -0.2) is 26.8 Å². The second kappa shape index (κ2) is 2.61. The van der Waals surface area contributed by atoms with E-state index >= 15 is 0 Å². The first kappa shape index (κ1) is 6.25. The van der Waals surface area contributed by atoms with E-state index in [0.717, 1.165) is 0 Å². The first-order valence-electron chi connectivity index (χ1n) is 2.63. The Morgan fingerprint density at radius 1 is 1.78 bits per heavy atom. The third-order valence-electron chi connectivity index (χ3n) is 1.01. The number of hydrogen-bond donors (Lipinski definition) is 3. The number of nitrogens with one attached hydrogen (secondary N) is 1. The van der Waals surface area contributed by atoms with Crippen LogP contribution in [-0.2, 0) is 0 Å². The topological polar surface area (TPSA) is 69.1 Å². The Morgan fingerprint density at radius 2 is 2.56 bits per heavy atom. The van der Waals surface area contributed by atoms with Gasteiger partial charge in [-0.15, -0.1) is 0 Å². The van der Waals surface area contributed by atoms with Crippen molar-refractivity contribution in [1.82, 2.24) is 9.97 Å². The summed E-state index contributed by atoms with van der Waals surface area (Å²) in [5.41, 5.74) is 0. The molecule has 0 saturated carbocycles. The van der Waals surface area contributed by atoms with Gasteiger partial charge >= 0.3 is 0 Å². The molecule has 1 unspecified atom stereocenters. The summed E-state index contributed by atoms with van der Waals surface area (Å²) in [5.74, 6) is 0.400. The van der Waals surface area contributed by atoms with E-state index in [9.17, 15) is 0 Å². The van der Waals surface area contributed by atoms with Crippen molar-refractivity contribution < 1.29 is 10.2 Å². The van der Waals surface area contributed by atoms with Gasteiger partial charge in [-0.05, 0) is 0 Å². The molecule has 1 aromatic heterocycles. The molecule has 50 valence electrons. The van der Waals surface area contributed by atoms with Crippen LogP contribution in [0, 0.1) is 0 Å². The maximum absolute atomic E-state index is 8.87. The lowest BCUT2D eigenvalue weighted by atomic mass is 10.4. The van der Waals surface area contributed by atoms with E-state index in [1.807, 2.05) is 0 Å². The normalized spacial score (nSPS) is 13.6. The Bertz CT molecular complexity index is 161. The van der Waals surface area contributed by atoms with Crippen molar-refractivity contribution in [2.45, 2.75) is 6.10 Å². The molecule has 1 atom stereocenters. The molecule has 0 aromatic carbocycles. The fourth-order valence-electron chi connectivity index (χ4n) is 0.546. The molecule has 0 fully saturated rings. The number of aromatic nitrogens is 2. The highest BCUT2D eigenvalue weighted by Crippen LogP contribution is 2.02. The second-order valence-corrected chi connectivity index (χ2v) is 1.67. The van der Waals surface area contributed by atoms with E-state index < -0.39 is 6.10 Å². The third kappa shape index (κ3) is 1.28. The van der Waals surface area contributed by atoms with Gasteiger partial charge in [-0.2, -0.15) is 0 Å². The number of aliphatic hydroxyl groups is 2. The number of nitrogens with zero attached hydrogens (tertiary/aromatic N) is 1. The van der Waals surface area contributed by atoms with Crippen LogP contribution in [0.1, 0.15) is 11.9 Å². The van der Waals surface area contributed by atoms with Gasteiger partial charge < -0.3 is 15.2 Å². The Morgan fingerprint density at radius 3 is 3.00 bits per heavy atom. The SMILES string of the molecule is OCC(O)c1ncc[nH]1. The average Bonchev–Trinajstić information content (AvgIpc) is 2.37. The van der Waals surface area contributed by atoms with E-state index in [-0.39, 0.29) is 6.61 Å². The van der Waals surface area contributed by atoms with Gasteiger partial charge in [0.05, 0.1) is 6.61 Å². The molecule has 9 heavy (non-hydrogen) atoms. The summed E-state index contributed by atoms with van der Waals surface area (Å²) in [6.45, 7) is -0.298. The zero-order valence-corrected chi connectivity index (χ0v) is 4.78. The molecular formula is C5H8N2O2. The van der Waals surface area contributed by atoms with Crippen molar-refractivity contribution in [3.05, 3.63) is 18.2 Å². The largest absolute Gasteiger partial charge is 0.393 e. The monoisotopic (exact) mass is 128 g/mol. The van der Waals surface area contributed by atoms with Gasteiger partial charge in [0, 0.05) is 12.4 Å². The van der Waals surface area contributed by atoms with E-state index in [1.54, 1.807) is 6.20 Å². The summed E-state index contributed by atoms with van der Waals surface area (Å²) >= 11 is 0. The average molecular weight is 128 g/mol. The molecule has 1 heterocycles. The molecule has 3 N–H and O–H groups in total. The third-order valence-corrected chi connectivity index (χ3v) is 1.01. The van der Waals surface area contributed by atoms with Gasteiger partial charge in [-0.1, -0.05) is 0 Å². The molecule has 0 saturated heterocycles. The summed E-state index contributed by atoms with van der Waals surface area (Å²) < 4.78 is 0. The van der Waals surface area contributed by atoms with Crippen LogP contribution in [0.15, 0.2) is 12.4 Å². The van der Waals surface area contributed by atoms with Crippen molar-refractivity contribution in [1.29, 1.82) is 0 Å². The molecule has 0 radical (unpaired) electrons. The lowest BCUT2D eigenvalue weighted by molar-refractivity contribution is 0.0893. The quantitative estimate of drug-likeness (QED) is 0.500. The van der Waals surface area contributed by atoms with Crippen molar-refractivity contribution in [3.63, 3.8) is 0 Å². The zero-order chi connectivity index (χ0) is 6.69. The van der Waals surface area contributed by atoms with E-state index in [4.69, 9.17) is 10.2 Å². The van der Waals surface area contributed by atoms with Crippen LogP contribution in [0.4, 0.5) is 0 Å². The standard InChI is InChI=1S/C5H8N2O2/c8-3-4(9)5-6-1-2-7-5/h1-2,4,8-9H,3H2,(H,6,7). The molecule has 0 bridgehead atoms. The van der Waals surface area contributed by atoms with Crippen molar-refractivity contribution in [2.75, 3.05) is 6.61 Å². The summed E-state index contributed by atoms with van der Waals surface area (Å²) in [7, 11) is 0. The Balaban J connectivity index is 2.65. The minimum absolute atomic E-state index is 0.298. The maximum Gasteiger partial charge on any atom is 0.137 e. The highest BCUT2D eigenvalue weighted by molar-refractivity contribution is 4.90.